The molecule has 0 spiro atoms. The summed E-state index contributed by atoms with van der Waals surface area (Å²) in [7, 11) is -3.86. The van der Waals surface area contributed by atoms with Crippen molar-refractivity contribution in [2.75, 3.05) is 13.1 Å². The molecule has 0 fully saturated rings. The van der Waals surface area contributed by atoms with E-state index in [2.05, 4.69) is 10.0 Å². The van der Waals surface area contributed by atoms with Crippen LogP contribution in [0.3, 0.4) is 0 Å². The highest BCUT2D eigenvalue weighted by Gasteiger charge is 2.16. The quantitative estimate of drug-likeness (QED) is 0.225. The summed E-state index contributed by atoms with van der Waals surface area (Å²) in [6.45, 7) is 0.755. The Morgan fingerprint density at radius 1 is 0.944 bits per heavy atom. The molecule has 0 aliphatic carbocycles. The number of sulfonamides is 1. The van der Waals surface area contributed by atoms with E-state index in [0.717, 1.165) is 5.56 Å². The average molecular weight is 514 g/mol. The third kappa shape index (κ3) is 7.89. The van der Waals surface area contributed by atoms with Gasteiger partial charge >= 0.3 is 5.97 Å². The Bertz CT molecular complexity index is 1340. The van der Waals surface area contributed by atoms with Gasteiger partial charge in [0.1, 0.15) is 24.7 Å². The van der Waals surface area contributed by atoms with E-state index in [0.29, 0.717) is 17.1 Å². The molecule has 12 heteroatoms. The average Bonchev–Trinajstić information content (AvgIpc) is 2.86. The Morgan fingerprint density at radius 3 is 2.31 bits per heavy atom. The second kappa shape index (κ2) is 11.9. The lowest BCUT2D eigenvalue weighted by Crippen LogP contribution is -2.39. The predicted molar refractivity (Wildman–Crippen MR) is 129 cm³/mol. The van der Waals surface area contributed by atoms with Crippen LogP contribution < -0.4 is 14.8 Å². The molecule has 0 aromatic heterocycles. The highest BCUT2D eigenvalue weighted by atomic mass is 32.2. The minimum absolute atomic E-state index is 0.0279. The topological polar surface area (TPSA) is 154 Å². The zero-order valence-corrected chi connectivity index (χ0v) is 20.0. The first-order valence-electron chi connectivity index (χ1n) is 10.6. The molecule has 0 bridgehead atoms. The van der Waals surface area contributed by atoms with E-state index in [4.69, 9.17) is 9.47 Å². The van der Waals surface area contributed by atoms with Crippen molar-refractivity contribution in [3.8, 4) is 11.5 Å². The van der Waals surface area contributed by atoms with Gasteiger partial charge in [-0.1, -0.05) is 29.8 Å². The first-order chi connectivity index (χ1) is 17.1. The summed E-state index contributed by atoms with van der Waals surface area (Å²) in [4.78, 5) is 34.2. The fourth-order valence-electron chi connectivity index (χ4n) is 2.88. The van der Waals surface area contributed by atoms with Crippen molar-refractivity contribution in [2.24, 2.45) is 0 Å². The minimum Gasteiger partial charge on any atom is -0.460 e. The number of ether oxygens (including phenoxy) is 2. The molecule has 2 N–H and O–H groups in total. The predicted octanol–water partition coefficient (Wildman–Crippen LogP) is 2.83. The number of nitrogens with one attached hydrogen (secondary N) is 2. The number of esters is 1. The molecular weight excluding hydrogens is 490 g/mol. The number of nitro groups is 1. The van der Waals surface area contributed by atoms with Gasteiger partial charge in [0.2, 0.25) is 15.9 Å². The number of carbonyl (C=O) groups is 2. The molecule has 0 saturated heterocycles. The molecule has 0 atom stereocenters. The normalized spacial score (nSPS) is 10.9. The molecule has 0 aliphatic rings. The highest BCUT2D eigenvalue weighted by molar-refractivity contribution is 7.89. The van der Waals surface area contributed by atoms with Crippen molar-refractivity contribution in [1.82, 2.24) is 10.0 Å². The fraction of sp³-hybridized carbons (Fsp3) is 0.167. The molecule has 36 heavy (non-hydrogen) atoms. The van der Waals surface area contributed by atoms with Crippen LogP contribution >= 0.6 is 0 Å². The highest BCUT2D eigenvalue weighted by Crippen LogP contribution is 2.24. The van der Waals surface area contributed by atoms with Crippen molar-refractivity contribution in [3.63, 3.8) is 0 Å². The first-order valence-corrected chi connectivity index (χ1v) is 12.1. The van der Waals surface area contributed by atoms with Crippen molar-refractivity contribution >= 4 is 27.6 Å². The molecule has 3 rings (SSSR count). The molecule has 3 aromatic rings. The number of amides is 1. The summed E-state index contributed by atoms with van der Waals surface area (Å²) >= 11 is 0. The zero-order valence-electron chi connectivity index (χ0n) is 19.2. The number of nitrogens with zero attached hydrogens (tertiary/aromatic N) is 1. The van der Waals surface area contributed by atoms with Gasteiger partial charge in [-0.2, -0.15) is 0 Å². The van der Waals surface area contributed by atoms with Crippen LogP contribution in [0.4, 0.5) is 5.69 Å². The number of rotatable bonds is 11. The second-order valence-corrected chi connectivity index (χ2v) is 9.34. The molecule has 1 amide bonds. The van der Waals surface area contributed by atoms with Gasteiger partial charge in [-0.25, -0.2) is 13.1 Å². The smallest absolute Gasteiger partial charge is 0.325 e. The Balaban J connectivity index is 1.42. The number of hydrogen-bond donors (Lipinski definition) is 2. The molecule has 0 unspecified atom stereocenters. The lowest BCUT2D eigenvalue weighted by molar-refractivity contribution is -0.384. The van der Waals surface area contributed by atoms with Gasteiger partial charge in [0.05, 0.1) is 16.4 Å². The van der Waals surface area contributed by atoms with Gasteiger partial charge in [0, 0.05) is 12.1 Å². The van der Waals surface area contributed by atoms with Crippen LogP contribution in [0.2, 0.25) is 0 Å². The van der Waals surface area contributed by atoms with E-state index in [1.165, 1.54) is 36.4 Å². The molecule has 11 nitrogen and oxygen atoms in total. The van der Waals surface area contributed by atoms with Gasteiger partial charge in [-0.3, -0.25) is 19.7 Å². The van der Waals surface area contributed by atoms with Crippen LogP contribution in [0, 0.1) is 17.0 Å². The molecule has 3 aromatic carbocycles. The standard InChI is InChI=1S/C24H23N3O8S/c1-17-5-11-22(12-6-17)36(32,33)26-14-23(28)25-15-24(29)34-16-18-3-2-4-21(13-18)35-20-9-7-19(8-10-20)27(30)31/h2-13,26H,14-16H2,1H3,(H,25,28). The van der Waals surface area contributed by atoms with Crippen molar-refractivity contribution in [2.45, 2.75) is 18.4 Å². The van der Waals surface area contributed by atoms with E-state index < -0.39 is 39.9 Å². The SMILES string of the molecule is Cc1ccc(S(=O)(=O)NCC(=O)NCC(=O)OCc2cccc(Oc3ccc([N+](=O)[O-])cc3)c2)cc1. The Kier molecular flexibility index (Phi) is 8.71. The van der Waals surface area contributed by atoms with E-state index in [-0.39, 0.29) is 17.2 Å². The van der Waals surface area contributed by atoms with Crippen LogP contribution in [-0.2, 0) is 31.0 Å². The third-order valence-electron chi connectivity index (χ3n) is 4.77. The fourth-order valence-corrected chi connectivity index (χ4v) is 3.86. The number of non-ortho nitro benzene ring substituents is 1. The lowest BCUT2D eigenvalue weighted by atomic mass is 10.2. The van der Waals surface area contributed by atoms with Crippen molar-refractivity contribution in [3.05, 3.63) is 94.0 Å². The van der Waals surface area contributed by atoms with E-state index in [1.54, 1.807) is 36.4 Å². The monoisotopic (exact) mass is 513 g/mol. The lowest BCUT2D eigenvalue weighted by Gasteiger charge is -2.10. The Hall–Kier alpha value is -4.29. The summed E-state index contributed by atoms with van der Waals surface area (Å²) in [6.07, 6.45) is 0. The van der Waals surface area contributed by atoms with Gasteiger partial charge in [0.25, 0.3) is 5.69 Å². The number of benzene rings is 3. The molecular formula is C24H23N3O8S. The minimum atomic E-state index is -3.86. The molecule has 188 valence electrons. The van der Waals surface area contributed by atoms with Crippen molar-refractivity contribution in [1.29, 1.82) is 0 Å². The Labute approximate surface area is 207 Å². The van der Waals surface area contributed by atoms with Crippen LogP contribution in [0.15, 0.2) is 77.7 Å². The van der Waals surface area contributed by atoms with E-state index in [1.807, 2.05) is 6.92 Å². The Morgan fingerprint density at radius 2 is 1.64 bits per heavy atom. The van der Waals surface area contributed by atoms with E-state index >= 15 is 0 Å². The summed E-state index contributed by atoms with van der Waals surface area (Å²) in [6, 6.07) is 18.4. The van der Waals surface area contributed by atoms with Crippen LogP contribution in [-0.4, -0.2) is 38.3 Å². The van der Waals surface area contributed by atoms with Gasteiger partial charge < -0.3 is 14.8 Å². The number of hydrogen-bond acceptors (Lipinski definition) is 8. The molecule has 0 heterocycles. The van der Waals surface area contributed by atoms with E-state index in [9.17, 15) is 28.1 Å². The number of carbonyl (C=O) groups excluding carboxylic acids is 2. The van der Waals surface area contributed by atoms with Gasteiger partial charge in [-0.05, 0) is 48.9 Å². The number of aryl methyl sites for hydroxylation is 1. The van der Waals surface area contributed by atoms with Gasteiger partial charge in [-0.15, -0.1) is 0 Å². The number of nitro benzene ring substituents is 1. The van der Waals surface area contributed by atoms with Crippen LogP contribution in [0.1, 0.15) is 11.1 Å². The van der Waals surface area contributed by atoms with Gasteiger partial charge in [0.15, 0.2) is 0 Å². The van der Waals surface area contributed by atoms with Crippen LogP contribution in [0.5, 0.6) is 11.5 Å². The summed E-state index contributed by atoms with van der Waals surface area (Å²) in [5, 5.41) is 13.0. The largest absolute Gasteiger partial charge is 0.460 e. The molecule has 0 aliphatic heterocycles. The first kappa shape index (κ1) is 26.3. The second-order valence-electron chi connectivity index (χ2n) is 7.58. The maximum Gasteiger partial charge on any atom is 0.325 e. The summed E-state index contributed by atoms with van der Waals surface area (Å²) in [5.41, 5.74) is 1.45. The van der Waals surface area contributed by atoms with Crippen molar-refractivity contribution < 1.29 is 32.4 Å². The molecule has 0 saturated carbocycles. The maximum absolute atomic E-state index is 12.2. The van der Waals surface area contributed by atoms with Crippen LogP contribution in [0.25, 0.3) is 0 Å². The third-order valence-corrected chi connectivity index (χ3v) is 6.18. The summed E-state index contributed by atoms with van der Waals surface area (Å²) < 4.78 is 37.4. The summed E-state index contributed by atoms with van der Waals surface area (Å²) in [5.74, 6) is -0.574. The maximum atomic E-state index is 12.2. The zero-order chi connectivity index (χ0) is 26.1. The molecule has 0 radical (unpaired) electrons.